The van der Waals surface area contributed by atoms with Gasteiger partial charge < -0.3 is 0 Å². The van der Waals surface area contributed by atoms with Gasteiger partial charge in [-0.2, -0.15) is 0 Å². The van der Waals surface area contributed by atoms with E-state index in [4.69, 9.17) is 0 Å². The van der Waals surface area contributed by atoms with Gasteiger partial charge in [-0.1, -0.05) is 169 Å². The number of hydrogen-bond acceptors (Lipinski definition) is 0. The van der Waals surface area contributed by atoms with Crippen LogP contribution >= 0.6 is 0 Å². The van der Waals surface area contributed by atoms with Crippen LogP contribution in [0.1, 0.15) is 92.6 Å². The molecule has 0 bridgehead atoms. The van der Waals surface area contributed by atoms with Gasteiger partial charge in [0.15, 0.2) is 0 Å². The van der Waals surface area contributed by atoms with Crippen LogP contribution < -0.4 is 0 Å². The fraction of sp³-hybridized carbons (Fsp3) is 0.459. The Hall–Kier alpha value is -2.38. The van der Waals surface area contributed by atoms with Crippen LogP contribution in [0.5, 0.6) is 0 Å². The van der Waals surface area contributed by atoms with Crippen molar-refractivity contribution < 1.29 is 0 Å². The monoisotopic (exact) mass is 518 g/mol. The Balaban J connectivity index is 1.48. The number of allylic oxidation sites excluding steroid dienone is 8. The van der Waals surface area contributed by atoms with Gasteiger partial charge in [-0.25, -0.2) is 0 Å². The third kappa shape index (κ3) is 3.83. The lowest BCUT2D eigenvalue weighted by Gasteiger charge is -2.48. The van der Waals surface area contributed by atoms with Crippen molar-refractivity contribution in [3.63, 3.8) is 0 Å². The fourth-order valence-corrected chi connectivity index (χ4v) is 15.7. The van der Waals surface area contributed by atoms with Gasteiger partial charge in [-0.15, -0.1) is 0 Å². The van der Waals surface area contributed by atoms with Crippen molar-refractivity contribution in [3.05, 3.63) is 119 Å². The van der Waals surface area contributed by atoms with Crippen LogP contribution in [-0.2, 0) is 10.8 Å². The van der Waals surface area contributed by atoms with Crippen molar-refractivity contribution >= 4 is 8.07 Å². The van der Waals surface area contributed by atoms with Crippen LogP contribution in [0.2, 0.25) is 12.6 Å². The number of benzene rings is 2. The van der Waals surface area contributed by atoms with Crippen LogP contribution in [0, 0.1) is 11.8 Å². The van der Waals surface area contributed by atoms with Gasteiger partial charge in [0.1, 0.15) is 0 Å². The van der Waals surface area contributed by atoms with Gasteiger partial charge in [0.2, 0.25) is 0 Å². The van der Waals surface area contributed by atoms with Crippen molar-refractivity contribution in [2.45, 2.75) is 93.8 Å². The highest BCUT2D eigenvalue weighted by Crippen LogP contribution is 2.64. The first-order valence-electron chi connectivity index (χ1n) is 15.4. The summed E-state index contributed by atoms with van der Waals surface area (Å²) < 4.78 is 0. The summed E-state index contributed by atoms with van der Waals surface area (Å²) in [6.45, 7) is 10.2. The summed E-state index contributed by atoms with van der Waals surface area (Å²) in [5.74, 6) is 1.12. The molecule has 0 N–H and O–H groups in total. The molecule has 0 saturated heterocycles. The molecule has 6 atom stereocenters. The number of unbranched alkanes of at least 4 members (excludes halogenated alkanes) is 5. The minimum absolute atomic E-state index is 0.106. The molecule has 0 saturated carbocycles. The Kier molecular flexibility index (Phi) is 6.79. The third-order valence-corrected chi connectivity index (χ3v) is 16.7. The van der Waals surface area contributed by atoms with Gasteiger partial charge in [-0.05, 0) is 45.2 Å². The van der Waals surface area contributed by atoms with Crippen LogP contribution in [0.15, 0.2) is 97.1 Å². The molecule has 4 aliphatic rings. The van der Waals surface area contributed by atoms with E-state index in [0.29, 0.717) is 22.9 Å². The van der Waals surface area contributed by atoms with E-state index in [-0.39, 0.29) is 10.8 Å². The van der Waals surface area contributed by atoms with Crippen molar-refractivity contribution in [2.24, 2.45) is 11.8 Å². The normalized spacial score (nSPS) is 33.5. The minimum Gasteiger partial charge on any atom is -0.0799 e. The number of fused-ring (bicyclic) bond motifs is 6. The largest absolute Gasteiger partial charge is 0.0799 e. The molecule has 0 amide bonds. The van der Waals surface area contributed by atoms with E-state index in [0.717, 1.165) is 0 Å². The number of hydrogen-bond donors (Lipinski definition) is 0. The SMILES string of the molecule is CCCCCCCC[Si](C)(C1c2ccccc2C2(C)C=CC=CC12)C1c2ccccc2C2(C)C=CC=CC12. The molecule has 2 aromatic carbocycles. The smallest absolute Gasteiger partial charge is 0.0673 e. The zero-order valence-electron chi connectivity index (χ0n) is 24.0. The zero-order chi connectivity index (χ0) is 26.4. The van der Waals surface area contributed by atoms with Crippen molar-refractivity contribution in [2.75, 3.05) is 0 Å². The Bertz CT molecular complexity index is 1200. The van der Waals surface area contributed by atoms with Crippen LogP contribution in [0.4, 0.5) is 0 Å². The van der Waals surface area contributed by atoms with Crippen molar-refractivity contribution in [3.8, 4) is 0 Å². The summed E-state index contributed by atoms with van der Waals surface area (Å²) in [6, 6.07) is 20.5. The maximum Gasteiger partial charge on any atom is 0.0673 e. The lowest BCUT2D eigenvalue weighted by Crippen LogP contribution is -2.51. The quantitative estimate of drug-likeness (QED) is 0.229. The predicted octanol–water partition coefficient (Wildman–Crippen LogP) is 10.1. The first-order valence-corrected chi connectivity index (χ1v) is 18.2. The van der Waals surface area contributed by atoms with Gasteiger partial charge in [0.25, 0.3) is 0 Å². The van der Waals surface area contributed by atoms with Crippen LogP contribution in [0.3, 0.4) is 0 Å². The maximum absolute atomic E-state index is 2.83. The molecule has 38 heavy (non-hydrogen) atoms. The molecule has 0 nitrogen and oxygen atoms in total. The lowest BCUT2D eigenvalue weighted by molar-refractivity contribution is 0.421. The molecule has 6 unspecified atom stereocenters. The molecule has 0 radical (unpaired) electrons. The van der Waals surface area contributed by atoms with E-state index in [1.807, 2.05) is 0 Å². The summed E-state index contributed by atoms with van der Waals surface area (Å²) in [5.41, 5.74) is 8.00. The Morgan fingerprint density at radius 3 is 1.63 bits per heavy atom. The van der Waals surface area contributed by atoms with Crippen molar-refractivity contribution in [1.82, 2.24) is 0 Å². The topological polar surface area (TPSA) is 0 Å². The second-order valence-corrected chi connectivity index (χ2v) is 18.0. The van der Waals surface area contributed by atoms with Crippen molar-refractivity contribution in [1.29, 1.82) is 0 Å². The van der Waals surface area contributed by atoms with Crippen LogP contribution in [0.25, 0.3) is 0 Å². The lowest BCUT2D eigenvalue weighted by atomic mass is 9.74. The van der Waals surface area contributed by atoms with Crippen LogP contribution in [-0.4, -0.2) is 8.07 Å². The Morgan fingerprint density at radius 2 is 1.11 bits per heavy atom. The van der Waals surface area contributed by atoms with Gasteiger partial charge in [-0.3, -0.25) is 0 Å². The molecule has 2 aromatic rings. The standard InChI is InChI=1S/C37H46Si/c1-5-6-7-8-9-18-27-38(4,34-28-19-10-12-21-30(28)36(2)25-16-14-23-32(34)36)35-29-20-11-13-22-31(29)37(3)26-17-15-24-33(35)37/h10-17,19-26,32-35H,5-9,18,27H2,1-4H3. The Labute approximate surface area is 232 Å². The molecule has 4 aliphatic carbocycles. The molecule has 0 heterocycles. The van der Waals surface area contributed by atoms with E-state index in [2.05, 4.69) is 124 Å². The van der Waals surface area contributed by atoms with E-state index in [9.17, 15) is 0 Å². The highest BCUT2D eigenvalue weighted by Gasteiger charge is 2.61. The first-order chi connectivity index (χ1) is 18.4. The molecule has 0 aliphatic heterocycles. The molecule has 0 aromatic heterocycles. The van der Waals surface area contributed by atoms with E-state index < -0.39 is 8.07 Å². The molecule has 198 valence electrons. The third-order valence-electron chi connectivity index (χ3n) is 11.1. The molecule has 0 fully saturated rings. The van der Waals surface area contributed by atoms with E-state index in [1.165, 1.54) is 44.6 Å². The maximum atomic E-state index is 2.83. The molecule has 6 rings (SSSR count). The highest BCUT2D eigenvalue weighted by molar-refractivity contribution is 6.81. The summed E-state index contributed by atoms with van der Waals surface area (Å²) in [6.07, 6.45) is 27.8. The summed E-state index contributed by atoms with van der Waals surface area (Å²) in [4.78, 5) is 0. The second-order valence-electron chi connectivity index (χ2n) is 13.3. The minimum atomic E-state index is -1.94. The predicted molar refractivity (Wildman–Crippen MR) is 166 cm³/mol. The second kappa shape index (κ2) is 9.98. The number of rotatable bonds is 9. The summed E-state index contributed by atoms with van der Waals surface area (Å²) >= 11 is 0. The van der Waals surface area contributed by atoms with Gasteiger partial charge in [0, 0.05) is 10.8 Å². The molecular formula is C37H46Si. The average Bonchev–Trinajstić information content (AvgIpc) is 3.37. The zero-order valence-corrected chi connectivity index (χ0v) is 25.0. The summed E-state index contributed by atoms with van der Waals surface area (Å²) in [5, 5.41) is 0. The molecular weight excluding hydrogens is 472 g/mol. The highest BCUT2D eigenvalue weighted by atomic mass is 28.3. The molecule has 1 heteroatoms. The van der Waals surface area contributed by atoms with Gasteiger partial charge >= 0.3 is 0 Å². The summed E-state index contributed by atoms with van der Waals surface area (Å²) in [7, 11) is -1.94. The Morgan fingerprint density at radius 1 is 0.632 bits per heavy atom. The van der Waals surface area contributed by atoms with Gasteiger partial charge in [0.05, 0.1) is 8.07 Å². The van der Waals surface area contributed by atoms with E-state index >= 15 is 0 Å². The van der Waals surface area contributed by atoms with E-state index in [1.54, 1.807) is 22.3 Å². The fourth-order valence-electron chi connectivity index (χ4n) is 9.18. The first kappa shape index (κ1) is 25.9. The average molecular weight is 519 g/mol. The molecule has 0 spiro atoms.